The van der Waals surface area contributed by atoms with Crippen molar-refractivity contribution >= 4 is 0 Å². The highest BCUT2D eigenvalue weighted by Gasteiger charge is 2.71. The van der Waals surface area contributed by atoms with E-state index in [1.807, 2.05) is 0 Å². The largest absolute Gasteiger partial charge is 0.393 e. The van der Waals surface area contributed by atoms with Gasteiger partial charge in [0.05, 0.1) is 12.2 Å². The zero-order valence-corrected chi connectivity index (χ0v) is 24.9. The highest BCUT2D eigenvalue weighted by atomic mass is 16.3. The maximum atomic E-state index is 12.0. The Labute approximate surface area is 217 Å². The van der Waals surface area contributed by atoms with Gasteiger partial charge in [0.2, 0.25) is 0 Å². The monoisotopic (exact) mass is 486 g/mol. The third-order valence-electron chi connectivity index (χ3n) is 13.9. The Morgan fingerprint density at radius 3 is 2.17 bits per heavy atom. The van der Waals surface area contributed by atoms with Crippen molar-refractivity contribution in [2.24, 2.45) is 56.7 Å². The van der Waals surface area contributed by atoms with Gasteiger partial charge in [-0.25, -0.2) is 0 Å². The van der Waals surface area contributed by atoms with E-state index in [9.17, 15) is 10.2 Å². The smallest absolute Gasteiger partial charge is 0.0579 e. The molecule has 0 spiro atoms. The molecule has 2 nitrogen and oxygen atoms in total. The summed E-state index contributed by atoms with van der Waals surface area (Å²) < 4.78 is 0. The van der Waals surface area contributed by atoms with Crippen molar-refractivity contribution in [3.63, 3.8) is 0 Å². The molecule has 0 radical (unpaired) electrons. The van der Waals surface area contributed by atoms with Gasteiger partial charge in [-0.3, -0.25) is 0 Å². The summed E-state index contributed by atoms with van der Waals surface area (Å²) in [5.74, 6) is 2.46. The lowest BCUT2D eigenvalue weighted by molar-refractivity contribution is -0.251. The molecule has 0 bridgehead atoms. The zero-order valence-electron chi connectivity index (χ0n) is 24.9. The molecular weight excluding hydrogens is 428 g/mol. The average molecular weight is 487 g/mol. The molecule has 35 heavy (non-hydrogen) atoms. The summed E-state index contributed by atoms with van der Waals surface area (Å²) in [7, 11) is 0. The molecule has 2 N–H and O–H groups in total. The van der Waals surface area contributed by atoms with E-state index in [4.69, 9.17) is 0 Å². The van der Waals surface area contributed by atoms with Crippen LogP contribution in [0.5, 0.6) is 0 Å². The Bertz CT molecular complexity index is 825. The molecule has 8 unspecified atom stereocenters. The molecule has 0 aliphatic heterocycles. The summed E-state index contributed by atoms with van der Waals surface area (Å²) >= 11 is 0. The summed E-state index contributed by atoms with van der Waals surface area (Å²) in [6.45, 7) is 24.1. The van der Waals surface area contributed by atoms with E-state index in [-0.39, 0.29) is 39.3 Å². The van der Waals surface area contributed by atoms with Crippen molar-refractivity contribution in [2.75, 3.05) is 0 Å². The molecule has 0 amide bonds. The van der Waals surface area contributed by atoms with E-state index in [1.165, 1.54) is 44.1 Å². The second-order valence-corrected chi connectivity index (χ2v) is 15.7. The summed E-state index contributed by atoms with van der Waals surface area (Å²) in [6.07, 6.45) is 12.5. The van der Waals surface area contributed by atoms with Gasteiger partial charge in [0.1, 0.15) is 0 Å². The van der Waals surface area contributed by atoms with Crippen molar-refractivity contribution in [2.45, 2.75) is 139 Å². The maximum Gasteiger partial charge on any atom is 0.0579 e. The van der Waals surface area contributed by atoms with Crippen molar-refractivity contribution in [1.82, 2.24) is 0 Å². The van der Waals surface area contributed by atoms with Crippen LogP contribution >= 0.6 is 0 Å². The molecule has 4 aliphatic carbocycles. The van der Waals surface area contributed by atoms with Crippen molar-refractivity contribution in [3.8, 4) is 0 Å². The van der Waals surface area contributed by atoms with Gasteiger partial charge in [0, 0.05) is 0 Å². The predicted molar refractivity (Wildman–Crippen MR) is 148 cm³/mol. The van der Waals surface area contributed by atoms with E-state index in [2.05, 4.69) is 75.3 Å². The van der Waals surface area contributed by atoms with Crippen LogP contribution in [0.25, 0.3) is 0 Å². The number of hydrogen-bond donors (Lipinski definition) is 2. The van der Waals surface area contributed by atoms with Crippen LogP contribution in [0, 0.1) is 56.7 Å². The van der Waals surface area contributed by atoms with Gasteiger partial charge in [0.15, 0.2) is 0 Å². The molecular formula is C33H58O2. The fraction of sp³-hybridized carbons (Fsp3) is 0.939. The minimum absolute atomic E-state index is 0.104. The molecule has 4 rings (SSSR count). The highest BCUT2D eigenvalue weighted by molar-refractivity contribution is 5.20. The van der Waals surface area contributed by atoms with Crippen LogP contribution in [0.15, 0.2) is 11.6 Å². The number of aliphatic hydroxyl groups excluding tert-OH is 2. The number of hydrogen-bond acceptors (Lipinski definition) is 2. The van der Waals surface area contributed by atoms with Gasteiger partial charge in [-0.15, -0.1) is 0 Å². The fourth-order valence-corrected chi connectivity index (χ4v) is 11.2. The molecule has 11 atom stereocenters. The van der Waals surface area contributed by atoms with E-state index < -0.39 is 0 Å². The van der Waals surface area contributed by atoms with Crippen LogP contribution in [0.2, 0.25) is 0 Å². The summed E-state index contributed by atoms with van der Waals surface area (Å²) in [5, 5.41) is 23.3. The molecule has 0 aromatic rings. The minimum Gasteiger partial charge on any atom is -0.393 e. The highest BCUT2D eigenvalue weighted by Crippen LogP contribution is 2.76. The lowest BCUT2D eigenvalue weighted by atomic mass is 9.34. The van der Waals surface area contributed by atoms with Gasteiger partial charge in [-0.1, -0.05) is 73.5 Å². The van der Waals surface area contributed by atoms with Crippen LogP contribution in [-0.2, 0) is 0 Å². The maximum absolute atomic E-state index is 12.0. The van der Waals surface area contributed by atoms with E-state index in [1.54, 1.807) is 0 Å². The Hall–Kier alpha value is -0.340. The van der Waals surface area contributed by atoms with Crippen LogP contribution in [0.3, 0.4) is 0 Å². The lowest BCUT2D eigenvalue weighted by Crippen LogP contribution is -2.67. The quantitative estimate of drug-likeness (QED) is 0.383. The fourth-order valence-electron chi connectivity index (χ4n) is 11.2. The normalized spacial score (nSPS) is 50.5. The van der Waals surface area contributed by atoms with Crippen LogP contribution in [0.1, 0.15) is 127 Å². The van der Waals surface area contributed by atoms with Gasteiger partial charge >= 0.3 is 0 Å². The Morgan fingerprint density at radius 1 is 0.943 bits per heavy atom. The van der Waals surface area contributed by atoms with Gasteiger partial charge in [-0.2, -0.15) is 0 Å². The van der Waals surface area contributed by atoms with Crippen molar-refractivity contribution < 1.29 is 10.2 Å². The standard InChI is InChI=1S/C33H58O2/c1-11-30(7,16-12-13-21(2)3)23-14-17-33(10)28(23)24(34)19-27-31(8)20-25(35)22(4)29(5,6)26(31)15-18-32(27,33)9/h13,22-28,34-35H,11-12,14-20H2,1-10H3/t22?,23?,24?,25-,26?,27?,28?,30+,31?,32?,33-/m1/s1. The molecule has 4 saturated carbocycles. The Balaban J connectivity index is 1.70. The first kappa shape index (κ1) is 27.7. The second kappa shape index (κ2) is 8.86. The van der Waals surface area contributed by atoms with E-state index >= 15 is 0 Å². The van der Waals surface area contributed by atoms with Gasteiger partial charge in [-0.05, 0) is 122 Å². The number of aliphatic hydroxyl groups is 2. The first-order chi connectivity index (χ1) is 16.1. The van der Waals surface area contributed by atoms with Crippen LogP contribution < -0.4 is 0 Å². The van der Waals surface area contributed by atoms with E-state index in [0.717, 1.165) is 19.3 Å². The van der Waals surface area contributed by atoms with Crippen LogP contribution in [-0.4, -0.2) is 22.4 Å². The third kappa shape index (κ3) is 3.85. The SMILES string of the molecule is CC[C@@](C)(CCC=C(C)C)C1CC[C@]2(C)C1C(O)CC1C3(C)C[C@@H](O)C(C)C(C)(C)C3CCC12C. The molecule has 0 heterocycles. The summed E-state index contributed by atoms with van der Waals surface area (Å²) in [5.41, 5.74) is 2.37. The minimum atomic E-state index is -0.231. The molecule has 2 heteroatoms. The van der Waals surface area contributed by atoms with Crippen LogP contribution in [0.4, 0.5) is 0 Å². The average Bonchev–Trinajstić information content (AvgIpc) is 3.14. The molecule has 0 saturated heterocycles. The Kier molecular flexibility index (Phi) is 7.01. The summed E-state index contributed by atoms with van der Waals surface area (Å²) in [6, 6.07) is 0. The molecule has 202 valence electrons. The summed E-state index contributed by atoms with van der Waals surface area (Å²) in [4.78, 5) is 0. The van der Waals surface area contributed by atoms with Crippen molar-refractivity contribution in [3.05, 3.63) is 11.6 Å². The third-order valence-corrected chi connectivity index (χ3v) is 13.9. The topological polar surface area (TPSA) is 40.5 Å². The lowest BCUT2D eigenvalue weighted by Gasteiger charge is -2.71. The molecule has 0 aromatic carbocycles. The predicted octanol–water partition coefficient (Wildman–Crippen LogP) is 8.41. The van der Waals surface area contributed by atoms with E-state index in [0.29, 0.717) is 29.6 Å². The van der Waals surface area contributed by atoms with Gasteiger partial charge < -0.3 is 10.2 Å². The molecule has 4 aliphatic rings. The zero-order chi connectivity index (χ0) is 26.2. The molecule has 4 fully saturated rings. The second-order valence-electron chi connectivity index (χ2n) is 15.7. The van der Waals surface area contributed by atoms with Gasteiger partial charge in [0.25, 0.3) is 0 Å². The first-order valence-corrected chi connectivity index (χ1v) is 15.1. The van der Waals surface area contributed by atoms with Crippen molar-refractivity contribution in [1.29, 1.82) is 0 Å². The number of allylic oxidation sites excluding steroid dienone is 2. The number of rotatable bonds is 5. The number of fused-ring (bicyclic) bond motifs is 5. The molecule has 0 aromatic heterocycles. The first-order valence-electron chi connectivity index (χ1n) is 15.1. The Morgan fingerprint density at radius 2 is 1.57 bits per heavy atom.